The first kappa shape index (κ1) is 10.3. The van der Waals surface area contributed by atoms with Crippen LogP contribution in [0.5, 0.6) is 0 Å². The highest BCUT2D eigenvalue weighted by atomic mass is 15.1. The summed E-state index contributed by atoms with van der Waals surface area (Å²) in [5.74, 6) is 0.697. The first-order valence-corrected chi connectivity index (χ1v) is 6.26. The molecule has 1 saturated heterocycles. The number of rotatable bonds is 2. The molecule has 0 spiro atoms. The van der Waals surface area contributed by atoms with Gasteiger partial charge in [-0.3, -0.25) is 0 Å². The van der Waals surface area contributed by atoms with E-state index < -0.39 is 0 Å². The van der Waals surface area contributed by atoms with Crippen molar-refractivity contribution in [1.82, 2.24) is 4.90 Å². The summed E-state index contributed by atoms with van der Waals surface area (Å²) in [6.45, 7) is 2.41. The molecule has 1 aromatic rings. The van der Waals surface area contributed by atoms with Crippen molar-refractivity contribution in [1.29, 1.82) is 0 Å². The van der Waals surface area contributed by atoms with Crippen LogP contribution in [0.15, 0.2) is 24.3 Å². The number of hydrogen-bond acceptors (Lipinski definition) is 2. The van der Waals surface area contributed by atoms with Gasteiger partial charge in [-0.25, -0.2) is 0 Å². The summed E-state index contributed by atoms with van der Waals surface area (Å²) in [4.78, 5) is 2.41. The molecule has 1 atom stereocenters. The molecule has 1 saturated carbocycles. The Hall–Kier alpha value is -0.860. The van der Waals surface area contributed by atoms with Gasteiger partial charge in [-0.05, 0) is 49.9 Å². The largest absolute Gasteiger partial charge is 0.321 e. The van der Waals surface area contributed by atoms with Gasteiger partial charge in [0.15, 0.2) is 0 Å². The third-order valence-corrected chi connectivity index (χ3v) is 4.12. The second kappa shape index (κ2) is 3.57. The van der Waals surface area contributed by atoms with Crippen molar-refractivity contribution in [3.8, 4) is 0 Å². The maximum atomic E-state index is 6.36. The number of benzene rings is 1. The van der Waals surface area contributed by atoms with E-state index in [1.54, 1.807) is 0 Å². The van der Waals surface area contributed by atoms with E-state index in [1.807, 2.05) is 0 Å². The van der Waals surface area contributed by atoms with Gasteiger partial charge in [0.2, 0.25) is 0 Å². The summed E-state index contributed by atoms with van der Waals surface area (Å²) in [7, 11) is 2.21. The maximum Gasteiger partial charge on any atom is 0.0414 e. The molecule has 3 rings (SSSR count). The molecule has 1 heterocycles. The van der Waals surface area contributed by atoms with Gasteiger partial charge in [0.05, 0.1) is 0 Å². The molecule has 0 amide bonds. The molecular weight excluding hydrogens is 196 g/mol. The summed E-state index contributed by atoms with van der Waals surface area (Å²) in [5.41, 5.74) is 9.29. The van der Waals surface area contributed by atoms with Crippen molar-refractivity contribution in [3.05, 3.63) is 35.4 Å². The van der Waals surface area contributed by atoms with Gasteiger partial charge < -0.3 is 10.6 Å². The highest BCUT2D eigenvalue weighted by Gasteiger charge is 2.42. The number of nitrogens with two attached hydrogens (primary N) is 1. The Morgan fingerprint density at radius 1 is 1.31 bits per heavy atom. The van der Waals surface area contributed by atoms with Gasteiger partial charge in [-0.1, -0.05) is 24.3 Å². The lowest BCUT2D eigenvalue weighted by molar-refractivity contribution is 0.411. The van der Waals surface area contributed by atoms with Crippen LogP contribution in [0.2, 0.25) is 0 Å². The minimum atomic E-state index is 0.0117. The van der Waals surface area contributed by atoms with Crippen LogP contribution >= 0.6 is 0 Å². The second-order valence-electron chi connectivity index (χ2n) is 5.49. The molecule has 16 heavy (non-hydrogen) atoms. The van der Waals surface area contributed by atoms with Gasteiger partial charge in [0.1, 0.15) is 0 Å². The number of hydrogen-bond donors (Lipinski definition) is 1. The molecular formula is C14H20N2. The monoisotopic (exact) mass is 216 g/mol. The lowest BCUT2D eigenvalue weighted by atomic mass is 9.89. The zero-order valence-corrected chi connectivity index (χ0v) is 9.95. The van der Waals surface area contributed by atoms with Crippen LogP contribution in [0.3, 0.4) is 0 Å². The van der Waals surface area contributed by atoms with Crippen molar-refractivity contribution in [3.63, 3.8) is 0 Å². The summed E-state index contributed by atoms with van der Waals surface area (Å²) in [6, 6.07) is 8.81. The average molecular weight is 216 g/mol. The predicted octanol–water partition coefficient (Wildman–Crippen LogP) is 2.05. The summed E-state index contributed by atoms with van der Waals surface area (Å²) < 4.78 is 0. The Kier molecular flexibility index (Phi) is 2.30. The van der Waals surface area contributed by atoms with Crippen molar-refractivity contribution in [2.75, 3.05) is 20.1 Å². The molecule has 2 nitrogen and oxygen atoms in total. The van der Waals surface area contributed by atoms with Gasteiger partial charge in [-0.15, -0.1) is 0 Å². The van der Waals surface area contributed by atoms with Crippen LogP contribution in [0.1, 0.15) is 36.3 Å². The van der Waals surface area contributed by atoms with Gasteiger partial charge >= 0.3 is 0 Å². The van der Waals surface area contributed by atoms with Crippen LogP contribution < -0.4 is 5.73 Å². The molecule has 1 aliphatic carbocycles. The smallest absolute Gasteiger partial charge is 0.0414 e. The van der Waals surface area contributed by atoms with Crippen LogP contribution in [0.25, 0.3) is 0 Å². The van der Waals surface area contributed by atoms with E-state index in [-0.39, 0.29) is 5.54 Å². The third kappa shape index (κ3) is 1.66. The Morgan fingerprint density at radius 2 is 2.06 bits per heavy atom. The Labute approximate surface area is 97.4 Å². The van der Waals surface area contributed by atoms with E-state index in [1.165, 1.54) is 30.6 Å². The highest BCUT2D eigenvalue weighted by molar-refractivity contribution is 5.40. The average Bonchev–Trinajstić information content (AvgIpc) is 2.89. The quantitative estimate of drug-likeness (QED) is 0.820. The van der Waals surface area contributed by atoms with E-state index in [0.717, 1.165) is 12.8 Å². The molecule has 2 fully saturated rings. The lowest BCUT2D eigenvalue weighted by Gasteiger charge is -2.19. The first-order valence-electron chi connectivity index (χ1n) is 6.26. The first-order chi connectivity index (χ1) is 7.69. The van der Waals surface area contributed by atoms with Crippen molar-refractivity contribution in [2.45, 2.75) is 30.7 Å². The standard InChI is InChI=1S/C14H20N2/c1-16-9-6-11(10-16)12-4-2-3-5-13(12)14(15)7-8-14/h2-5,11H,6-10,15H2,1H3. The van der Waals surface area contributed by atoms with Gasteiger partial charge in [0.25, 0.3) is 0 Å². The van der Waals surface area contributed by atoms with E-state index in [2.05, 4.69) is 36.2 Å². The van der Waals surface area contributed by atoms with Gasteiger partial charge in [0, 0.05) is 12.1 Å². The summed E-state index contributed by atoms with van der Waals surface area (Å²) >= 11 is 0. The fraction of sp³-hybridized carbons (Fsp3) is 0.571. The summed E-state index contributed by atoms with van der Waals surface area (Å²) in [5, 5.41) is 0. The van der Waals surface area contributed by atoms with E-state index >= 15 is 0 Å². The molecule has 2 N–H and O–H groups in total. The van der Waals surface area contributed by atoms with Gasteiger partial charge in [-0.2, -0.15) is 0 Å². The zero-order valence-electron chi connectivity index (χ0n) is 9.95. The van der Waals surface area contributed by atoms with Crippen LogP contribution in [0, 0.1) is 0 Å². The SMILES string of the molecule is CN1CCC(c2ccccc2C2(N)CC2)C1. The fourth-order valence-corrected chi connectivity index (χ4v) is 2.90. The van der Waals surface area contributed by atoms with Crippen molar-refractivity contribution < 1.29 is 0 Å². The normalized spacial score (nSPS) is 28.2. The third-order valence-electron chi connectivity index (χ3n) is 4.12. The molecule has 86 valence electrons. The Balaban J connectivity index is 1.94. The minimum absolute atomic E-state index is 0.0117. The van der Waals surface area contributed by atoms with Crippen LogP contribution in [0.4, 0.5) is 0 Å². The zero-order chi connectivity index (χ0) is 11.2. The topological polar surface area (TPSA) is 29.3 Å². The molecule has 1 unspecified atom stereocenters. The second-order valence-corrected chi connectivity index (χ2v) is 5.49. The Bertz CT molecular complexity index is 395. The van der Waals surface area contributed by atoms with Crippen molar-refractivity contribution in [2.24, 2.45) is 5.73 Å². The molecule has 0 bridgehead atoms. The molecule has 0 aromatic heterocycles. The van der Waals surface area contributed by atoms with E-state index in [4.69, 9.17) is 5.73 Å². The summed E-state index contributed by atoms with van der Waals surface area (Å²) in [6.07, 6.45) is 3.60. The maximum absolute atomic E-state index is 6.36. The molecule has 0 radical (unpaired) electrons. The molecule has 1 aromatic carbocycles. The van der Waals surface area contributed by atoms with E-state index in [9.17, 15) is 0 Å². The number of likely N-dealkylation sites (tertiary alicyclic amines) is 1. The lowest BCUT2D eigenvalue weighted by Crippen LogP contribution is -2.22. The molecule has 2 heteroatoms. The van der Waals surface area contributed by atoms with E-state index in [0.29, 0.717) is 5.92 Å². The minimum Gasteiger partial charge on any atom is -0.321 e. The van der Waals surface area contributed by atoms with Crippen LogP contribution in [-0.2, 0) is 5.54 Å². The van der Waals surface area contributed by atoms with Crippen LogP contribution in [-0.4, -0.2) is 25.0 Å². The Morgan fingerprint density at radius 3 is 2.69 bits per heavy atom. The predicted molar refractivity (Wildman–Crippen MR) is 66.4 cm³/mol. The molecule has 2 aliphatic rings. The number of nitrogens with zero attached hydrogens (tertiary/aromatic N) is 1. The van der Waals surface area contributed by atoms with Crippen molar-refractivity contribution >= 4 is 0 Å². The molecule has 1 aliphatic heterocycles. The fourth-order valence-electron chi connectivity index (χ4n) is 2.90. The highest BCUT2D eigenvalue weighted by Crippen LogP contribution is 2.46. The number of likely N-dealkylation sites (N-methyl/N-ethyl adjacent to an activating group) is 1.